The van der Waals surface area contributed by atoms with Crippen LogP contribution in [-0.4, -0.2) is 62.4 Å². The molecule has 0 spiro atoms. The number of nitrogens with zero attached hydrogens (tertiary/aromatic N) is 3. The molecule has 180 valence electrons. The molecule has 0 aromatic carbocycles. The highest BCUT2D eigenvalue weighted by Gasteiger charge is 2.49. The molecule has 13 heteroatoms. The number of ether oxygens (including phenoxy) is 3. The summed E-state index contributed by atoms with van der Waals surface area (Å²) in [5, 5.41) is 11.0. The predicted molar refractivity (Wildman–Crippen MR) is 118 cm³/mol. The summed E-state index contributed by atoms with van der Waals surface area (Å²) in [6.07, 6.45) is -3.35. The first kappa shape index (κ1) is 24.9. The number of aliphatic hydroxyl groups is 1. The van der Waals surface area contributed by atoms with Crippen LogP contribution in [0.15, 0.2) is 10.9 Å². The molecule has 0 saturated carbocycles. The van der Waals surface area contributed by atoms with E-state index >= 15 is 0 Å². The van der Waals surface area contributed by atoms with Crippen LogP contribution in [0.1, 0.15) is 44.3 Å². The number of amides is 1. The number of halogens is 1. The van der Waals surface area contributed by atoms with Gasteiger partial charge in [-0.3, -0.25) is 19.0 Å². The van der Waals surface area contributed by atoms with Crippen molar-refractivity contribution in [3.05, 3.63) is 16.5 Å². The summed E-state index contributed by atoms with van der Waals surface area (Å²) in [4.78, 5) is 44.5. The molecule has 12 nitrogen and oxygen atoms in total. The van der Waals surface area contributed by atoms with Crippen molar-refractivity contribution >= 4 is 39.6 Å². The molecular formula is C20H26BrN5O7. The number of hydrogen-bond donors (Lipinski definition) is 3. The normalized spacial score (nSPS) is 22.8. The maximum Gasteiger partial charge on any atom is 0.308 e. The van der Waals surface area contributed by atoms with Gasteiger partial charge in [0.15, 0.2) is 12.3 Å². The number of fused-ring (bicyclic) bond motifs is 1. The lowest BCUT2D eigenvalue weighted by molar-refractivity contribution is -0.164. The monoisotopic (exact) mass is 527 g/mol. The number of carbonyl (C=O) groups is 3. The number of aliphatic hydroxyl groups excluding tert-OH is 1. The van der Waals surface area contributed by atoms with Gasteiger partial charge in [-0.2, -0.15) is 0 Å². The molecule has 3 aliphatic heterocycles. The highest BCUT2D eigenvalue weighted by Crippen LogP contribution is 2.40. The van der Waals surface area contributed by atoms with Crippen LogP contribution in [0.3, 0.4) is 0 Å². The second-order valence-electron chi connectivity index (χ2n) is 8.27. The van der Waals surface area contributed by atoms with Crippen molar-refractivity contribution < 1.29 is 33.7 Å². The van der Waals surface area contributed by atoms with Crippen LogP contribution in [0, 0.1) is 11.8 Å². The Kier molecular flexibility index (Phi) is 7.24. The number of nitrogen functional groups attached to an aromatic ring is 1. The minimum Gasteiger partial charge on any atom is -0.463 e. The third kappa shape index (κ3) is 4.80. The van der Waals surface area contributed by atoms with Gasteiger partial charge in [0, 0.05) is 0 Å². The van der Waals surface area contributed by atoms with Gasteiger partial charge >= 0.3 is 11.9 Å². The second kappa shape index (κ2) is 9.61. The fourth-order valence-corrected chi connectivity index (χ4v) is 3.90. The maximum atomic E-state index is 12.3. The third-order valence-corrected chi connectivity index (χ3v) is 5.69. The SMILES string of the molecule is CC(C)C(=O)OC[C@@H]1O[C@H](n2cnc(N)c3c(C(N)=O)c(Br)nc2-3)[C@@H](O)[C@@H]1OC(=O)C(C)C. The van der Waals surface area contributed by atoms with Crippen molar-refractivity contribution in [2.45, 2.75) is 52.2 Å². The average Bonchev–Trinajstić information content (AvgIpc) is 3.24. The average molecular weight is 528 g/mol. The molecule has 4 atom stereocenters. The molecule has 1 amide bonds. The van der Waals surface area contributed by atoms with Crippen molar-refractivity contribution in [1.82, 2.24) is 14.5 Å². The fraction of sp³-hybridized carbons (Fsp3) is 0.550. The van der Waals surface area contributed by atoms with Gasteiger partial charge < -0.3 is 30.8 Å². The lowest BCUT2D eigenvalue weighted by atomic mass is 10.1. The van der Waals surface area contributed by atoms with Gasteiger partial charge in [-0.05, 0) is 15.9 Å². The fourth-order valence-electron chi connectivity index (χ4n) is 3.33. The summed E-state index contributed by atoms with van der Waals surface area (Å²) in [6.45, 7) is 6.39. The van der Waals surface area contributed by atoms with E-state index in [4.69, 9.17) is 25.7 Å². The van der Waals surface area contributed by atoms with Crippen LogP contribution in [0.25, 0.3) is 11.4 Å². The van der Waals surface area contributed by atoms with Gasteiger partial charge in [0.25, 0.3) is 5.91 Å². The summed E-state index contributed by atoms with van der Waals surface area (Å²) in [5.41, 5.74) is 11.6. The third-order valence-electron chi connectivity index (χ3n) is 5.12. The Morgan fingerprint density at radius 2 is 1.88 bits per heavy atom. The number of nitrogens with two attached hydrogens (primary N) is 2. The molecule has 0 bridgehead atoms. The Labute approximate surface area is 198 Å². The molecule has 0 aromatic rings. The minimum atomic E-state index is -1.37. The Morgan fingerprint density at radius 3 is 2.45 bits per heavy atom. The summed E-state index contributed by atoms with van der Waals surface area (Å²) in [5.74, 6) is -2.46. The number of primary amides is 1. The quantitative estimate of drug-likeness (QED) is 0.436. The Bertz CT molecular complexity index is 1040. The van der Waals surface area contributed by atoms with Crippen LogP contribution in [0.4, 0.5) is 5.82 Å². The summed E-state index contributed by atoms with van der Waals surface area (Å²) in [6, 6.07) is 0. The molecule has 0 unspecified atom stereocenters. The van der Waals surface area contributed by atoms with E-state index in [0.717, 1.165) is 0 Å². The van der Waals surface area contributed by atoms with Crippen molar-refractivity contribution in [2.75, 3.05) is 12.3 Å². The van der Waals surface area contributed by atoms with Crippen molar-refractivity contribution in [2.24, 2.45) is 17.6 Å². The molecule has 1 saturated heterocycles. The van der Waals surface area contributed by atoms with Crippen molar-refractivity contribution in [1.29, 1.82) is 0 Å². The van der Waals surface area contributed by atoms with Gasteiger partial charge in [-0.1, -0.05) is 27.7 Å². The lowest BCUT2D eigenvalue weighted by Gasteiger charge is -2.23. The van der Waals surface area contributed by atoms with E-state index in [1.807, 2.05) is 0 Å². The molecule has 0 aromatic heterocycles. The Morgan fingerprint density at radius 1 is 1.24 bits per heavy atom. The Balaban J connectivity index is 1.98. The van der Waals surface area contributed by atoms with E-state index < -0.39 is 48.3 Å². The second-order valence-corrected chi connectivity index (χ2v) is 9.03. The molecule has 33 heavy (non-hydrogen) atoms. The van der Waals surface area contributed by atoms with Gasteiger partial charge in [0.05, 0.1) is 23.0 Å². The zero-order valence-corrected chi connectivity index (χ0v) is 20.1. The molecule has 1 fully saturated rings. The highest BCUT2D eigenvalue weighted by molar-refractivity contribution is 9.10. The molecule has 3 heterocycles. The number of rotatable bonds is 7. The molecular weight excluding hydrogens is 502 g/mol. The van der Waals surface area contributed by atoms with Crippen molar-refractivity contribution in [3.8, 4) is 11.4 Å². The van der Waals surface area contributed by atoms with Crippen LogP contribution in [0.2, 0.25) is 0 Å². The van der Waals surface area contributed by atoms with E-state index in [1.54, 1.807) is 27.7 Å². The molecule has 3 aliphatic rings. The first-order valence-electron chi connectivity index (χ1n) is 10.3. The zero-order chi connectivity index (χ0) is 24.6. The first-order chi connectivity index (χ1) is 15.4. The van der Waals surface area contributed by atoms with E-state index in [-0.39, 0.29) is 39.9 Å². The van der Waals surface area contributed by atoms with Gasteiger partial charge in [0.1, 0.15) is 41.4 Å². The number of anilines is 1. The van der Waals surface area contributed by atoms with Gasteiger partial charge in [-0.15, -0.1) is 0 Å². The largest absolute Gasteiger partial charge is 0.463 e. The van der Waals surface area contributed by atoms with E-state index in [1.165, 1.54) is 10.9 Å². The predicted octanol–water partition coefficient (Wildman–Crippen LogP) is 0.852. The molecule has 0 aliphatic carbocycles. The number of carbonyl (C=O) groups excluding carboxylic acids is 3. The first-order valence-corrected chi connectivity index (χ1v) is 11.0. The van der Waals surface area contributed by atoms with Gasteiger partial charge in [-0.25, -0.2) is 9.97 Å². The van der Waals surface area contributed by atoms with E-state index in [9.17, 15) is 19.5 Å². The van der Waals surface area contributed by atoms with Gasteiger partial charge in [0.2, 0.25) is 0 Å². The minimum absolute atomic E-state index is 0.00550. The van der Waals surface area contributed by atoms with Crippen LogP contribution in [0.5, 0.6) is 0 Å². The van der Waals surface area contributed by atoms with E-state index in [2.05, 4.69) is 25.9 Å². The van der Waals surface area contributed by atoms with Crippen LogP contribution >= 0.6 is 15.9 Å². The smallest absolute Gasteiger partial charge is 0.308 e. The number of esters is 2. The highest BCUT2D eigenvalue weighted by atomic mass is 79.9. The summed E-state index contributed by atoms with van der Waals surface area (Å²) >= 11 is 3.19. The van der Waals surface area contributed by atoms with E-state index in [0.29, 0.717) is 0 Å². The number of hydrogen-bond acceptors (Lipinski definition) is 10. The standard InChI is InChI=1S/C20H26BrN5O7/c1-7(2)19(29)31-5-9-13(33-20(30)8(3)4)12(27)18(32-9)26-6-24-15(22)11-10(16(23)28)14(21)25-17(11)26/h6-9,12-13,18,27H,5,22H2,1-4H3,(H2,23,28)/t9-,12-,13+,18-/m0/s1. The maximum absolute atomic E-state index is 12.3. The number of aromatic nitrogens is 3. The molecule has 3 rings (SSSR count). The zero-order valence-electron chi connectivity index (χ0n) is 18.5. The van der Waals surface area contributed by atoms with Crippen LogP contribution in [-0.2, 0) is 23.8 Å². The summed E-state index contributed by atoms with van der Waals surface area (Å²) in [7, 11) is 0. The van der Waals surface area contributed by atoms with Crippen LogP contribution < -0.4 is 11.5 Å². The Hall–Kier alpha value is -2.77. The molecule has 0 radical (unpaired) electrons. The summed E-state index contributed by atoms with van der Waals surface area (Å²) < 4.78 is 18.2. The topological polar surface area (TPSA) is 182 Å². The van der Waals surface area contributed by atoms with Crippen molar-refractivity contribution in [3.63, 3.8) is 0 Å². The lowest BCUT2D eigenvalue weighted by Crippen LogP contribution is -2.40. The molecule has 5 N–H and O–H groups in total.